The maximum atomic E-state index is 12.1. The van der Waals surface area contributed by atoms with Gasteiger partial charge in [-0.3, -0.25) is 4.79 Å². The third kappa shape index (κ3) is 8.35. The molecule has 0 saturated carbocycles. The van der Waals surface area contributed by atoms with Gasteiger partial charge in [0.15, 0.2) is 0 Å². The average Bonchev–Trinajstić information content (AvgIpc) is 3.04. The minimum absolute atomic E-state index is 0.0241. The molecule has 6 rings (SSSR count). The molecule has 0 aromatic heterocycles. The smallest absolute Gasteiger partial charge is 0.307 e. The van der Waals surface area contributed by atoms with Crippen molar-refractivity contribution in [3.63, 3.8) is 0 Å². The van der Waals surface area contributed by atoms with Gasteiger partial charge in [-0.2, -0.15) is 0 Å². The molecule has 0 unspecified atom stereocenters. The summed E-state index contributed by atoms with van der Waals surface area (Å²) in [7, 11) is 0. The fraction of sp³-hybridized carbons (Fsp3) is 0.375. The molecule has 4 aromatic rings. The minimum atomic E-state index is -0.823. The predicted octanol–water partition coefficient (Wildman–Crippen LogP) is 9.25. The molecule has 1 fully saturated rings. The summed E-state index contributed by atoms with van der Waals surface area (Å²) >= 11 is 1.68. The highest BCUT2D eigenvalue weighted by molar-refractivity contribution is 7.99. The number of para-hydroxylation sites is 2. The number of aliphatic hydroxyl groups is 1. The summed E-state index contributed by atoms with van der Waals surface area (Å²) in [6.45, 7) is 13.7. The van der Waals surface area contributed by atoms with E-state index in [1.54, 1.807) is 32.7 Å². The second-order valence-corrected chi connectivity index (χ2v) is 14.4. The summed E-state index contributed by atoms with van der Waals surface area (Å²) in [5, 5.41) is 22.1. The highest BCUT2D eigenvalue weighted by Gasteiger charge is 2.30. The van der Waals surface area contributed by atoms with E-state index in [4.69, 9.17) is 14.6 Å². The van der Waals surface area contributed by atoms with Gasteiger partial charge in [-0.05, 0) is 105 Å². The number of rotatable bonds is 8. The molecular formula is C40H48N2O5S. The molecule has 4 aromatic carbocycles. The number of anilines is 3. The number of nitrogens with one attached hydrogen (secondary N) is 1. The lowest BCUT2D eigenvalue weighted by Crippen LogP contribution is -2.26. The van der Waals surface area contributed by atoms with Crippen LogP contribution in [0.4, 0.5) is 17.1 Å². The van der Waals surface area contributed by atoms with Crippen molar-refractivity contribution in [2.45, 2.75) is 79.1 Å². The SMILES string of the molecule is CC(C)(C)O.CSN1Cc2ccc(Nc3ccccc3OC3CCOCC3)cc2-c2c(C)c(-c3ccc(C)cc3)c(CC(=O)O)c(C)c21. The van der Waals surface area contributed by atoms with Gasteiger partial charge in [-0.25, -0.2) is 0 Å². The van der Waals surface area contributed by atoms with Gasteiger partial charge in [-0.15, -0.1) is 0 Å². The Balaban J connectivity index is 0.000000840. The van der Waals surface area contributed by atoms with Gasteiger partial charge >= 0.3 is 5.97 Å². The van der Waals surface area contributed by atoms with E-state index in [0.29, 0.717) is 0 Å². The molecular weight excluding hydrogens is 621 g/mol. The van der Waals surface area contributed by atoms with Gasteiger partial charge in [0.1, 0.15) is 11.9 Å². The van der Waals surface area contributed by atoms with Crippen molar-refractivity contribution in [2.24, 2.45) is 0 Å². The molecule has 0 spiro atoms. The third-order valence-electron chi connectivity index (χ3n) is 8.56. The zero-order valence-electron chi connectivity index (χ0n) is 29.1. The van der Waals surface area contributed by atoms with E-state index in [1.807, 2.05) is 18.2 Å². The molecule has 0 aliphatic carbocycles. The molecule has 8 heteroatoms. The molecule has 3 N–H and O–H groups in total. The highest BCUT2D eigenvalue weighted by Crippen LogP contribution is 2.51. The van der Waals surface area contributed by atoms with Crippen LogP contribution in [-0.4, -0.2) is 47.4 Å². The summed E-state index contributed by atoms with van der Waals surface area (Å²) < 4.78 is 14.2. The molecule has 2 aliphatic rings. The fourth-order valence-electron chi connectivity index (χ4n) is 6.39. The van der Waals surface area contributed by atoms with Crippen LogP contribution in [0.25, 0.3) is 22.3 Å². The van der Waals surface area contributed by atoms with Crippen molar-refractivity contribution in [1.82, 2.24) is 0 Å². The van der Waals surface area contributed by atoms with Gasteiger partial charge in [0.25, 0.3) is 0 Å². The number of ether oxygens (including phenoxy) is 2. The van der Waals surface area contributed by atoms with Gasteiger partial charge in [0, 0.05) is 30.3 Å². The molecule has 2 aliphatic heterocycles. The first-order valence-electron chi connectivity index (χ1n) is 16.6. The summed E-state index contributed by atoms with van der Waals surface area (Å²) in [4.78, 5) is 12.1. The standard InChI is InChI=1S/C36H38N2O4S.C4H10O/c1-22-9-11-25(12-10-22)34-24(3)35-30-19-27(37-31-7-5-6-8-32(31)42-28-15-17-41-18-16-28)14-13-26(30)21-38(43-4)36(35)23(2)29(34)20-33(39)40;1-4(2,3)5/h5-14,19,28,37H,15-18,20-21H2,1-4H3,(H,39,40);5H,1-3H3. The zero-order chi connectivity index (χ0) is 34.6. The first-order valence-corrected chi connectivity index (χ1v) is 17.7. The molecule has 7 nitrogen and oxygen atoms in total. The molecule has 0 amide bonds. The largest absolute Gasteiger partial charge is 0.488 e. The van der Waals surface area contributed by atoms with E-state index in [9.17, 15) is 9.90 Å². The Bertz CT molecular complexity index is 1750. The van der Waals surface area contributed by atoms with Crippen LogP contribution >= 0.6 is 11.9 Å². The number of benzene rings is 4. The van der Waals surface area contributed by atoms with E-state index >= 15 is 0 Å². The van der Waals surface area contributed by atoms with E-state index < -0.39 is 11.6 Å². The normalized spacial score (nSPS) is 14.4. The number of hydrogen-bond acceptors (Lipinski definition) is 7. The van der Waals surface area contributed by atoms with Crippen molar-refractivity contribution >= 4 is 35.0 Å². The zero-order valence-corrected chi connectivity index (χ0v) is 30.0. The molecule has 0 atom stereocenters. The maximum Gasteiger partial charge on any atom is 0.307 e. The van der Waals surface area contributed by atoms with E-state index in [2.05, 4.69) is 85.2 Å². The molecule has 2 heterocycles. The minimum Gasteiger partial charge on any atom is -0.488 e. The average molecular weight is 669 g/mol. The van der Waals surface area contributed by atoms with Crippen LogP contribution < -0.4 is 14.4 Å². The fourth-order valence-corrected chi connectivity index (χ4v) is 7.07. The number of nitrogens with zero attached hydrogens (tertiary/aromatic N) is 1. The first kappa shape index (κ1) is 35.3. The van der Waals surface area contributed by atoms with Crippen molar-refractivity contribution in [3.8, 4) is 28.0 Å². The van der Waals surface area contributed by atoms with Crippen molar-refractivity contribution in [3.05, 3.63) is 94.5 Å². The second kappa shape index (κ2) is 15.1. The van der Waals surface area contributed by atoms with Crippen LogP contribution in [0.1, 0.15) is 61.4 Å². The number of hydrogen-bond donors (Lipinski definition) is 3. The van der Waals surface area contributed by atoms with E-state index in [0.717, 1.165) is 88.8 Å². The van der Waals surface area contributed by atoms with Crippen molar-refractivity contribution < 1.29 is 24.5 Å². The topological polar surface area (TPSA) is 91.3 Å². The molecule has 0 bridgehead atoms. The van der Waals surface area contributed by atoms with Gasteiger partial charge in [0.05, 0.1) is 43.2 Å². The number of aliphatic carboxylic acids is 1. The Kier molecular flexibility index (Phi) is 11.1. The Morgan fingerprint density at radius 1 is 0.979 bits per heavy atom. The van der Waals surface area contributed by atoms with Crippen LogP contribution in [-0.2, 0) is 22.5 Å². The van der Waals surface area contributed by atoms with Gasteiger partial charge in [-0.1, -0.05) is 60.0 Å². The van der Waals surface area contributed by atoms with E-state index in [1.165, 1.54) is 16.7 Å². The Morgan fingerprint density at radius 2 is 1.65 bits per heavy atom. The molecule has 1 saturated heterocycles. The van der Waals surface area contributed by atoms with Crippen LogP contribution in [0.3, 0.4) is 0 Å². The van der Waals surface area contributed by atoms with Gasteiger partial charge in [0.2, 0.25) is 0 Å². The van der Waals surface area contributed by atoms with Crippen LogP contribution in [0.5, 0.6) is 5.75 Å². The lowest BCUT2D eigenvalue weighted by Gasteiger charge is -2.36. The van der Waals surface area contributed by atoms with E-state index in [-0.39, 0.29) is 12.5 Å². The molecule has 254 valence electrons. The number of fused-ring (bicyclic) bond motifs is 3. The highest BCUT2D eigenvalue weighted by atomic mass is 32.2. The van der Waals surface area contributed by atoms with Crippen molar-refractivity contribution in [1.29, 1.82) is 0 Å². The first-order chi connectivity index (χ1) is 22.8. The Morgan fingerprint density at radius 3 is 2.29 bits per heavy atom. The van der Waals surface area contributed by atoms with Crippen LogP contribution in [0, 0.1) is 20.8 Å². The lowest BCUT2D eigenvalue weighted by molar-refractivity contribution is -0.136. The monoisotopic (exact) mass is 668 g/mol. The van der Waals surface area contributed by atoms with Crippen LogP contribution in [0.15, 0.2) is 66.7 Å². The Labute approximate surface area is 289 Å². The Hall–Kier alpha value is -3.98. The number of carboxylic acids is 1. The third-order valence-corrected chi connectivity index (χ3v) is 9.31. The molecule has 48 heavy (non-hydrogen) atoms. The second-order valence-electron chi connectivity index (χ2n) is 13.6. The number of aryl methyl sites for hydroxylation is 1. The molecule has 0 radical (unpaired) electrons. The maximum absolute atomic E-state index is 12.1. The van der Waals surface area contributed by atoms with Gasteiger partial charge < -0.3 is 29.3 Å². The summed E-state index contributed by atoms with van der Waals surface area (Å²) in [5.74, 6) is 0.0175. The van der Waals surface area contributed by atoms with Crippen LogP contribution in [0.2, 0.25) is 0 Å². The quantitative estimate of drug-likeness (QED) is 0.160. The summed E-state index contributed by atoms with van der Waals surface area (Å²) in [6, 6.07) is 23.1. The summed E-state index contributed by atoms with van der Waals surface area (Å²) in [6.07, 6.45) is 3.99. The lowest BCUT2D eigenvalue weighted by atomic mass is 9.81. The number of carboxylic acid groups (broad SMARTS) is 1. The predicted molar refractivity (Wildman–Crippen MR) is 199 cm³/mol. The summed E-state index contributed by atoms with van der Waals surface area (Å²) in [5.41, 5.74) is 12.3. The van der Waals surface area contributed by atoms with Crippen molar-refractivity contribution in [2.75, 3.05) is 29.1 Å². The number of carbonyl (C=O) groups is 1.